The molecule has 3 aliphatic heterocycles. The zero-order chi connectivity index (χ0) is 16.1. The van der Waals surface area contributed by atoms with Crippen molar-refractivity contribution in [3.63, 3.8) is 0 Å². The van der Waals surface area contributed by atoms with E-state index in [1.807, 2.05) is 0 Å². The van der Waals surface area contributed by atoms with Gasteiger partial charge >= 0.3 is 0 Å². The Balaban J connectivity index is 1.95. The lowest BCUT2D eigenvalue weighted by Crippen LogP contribution is -2.55. The van der Waals surface area contributed by atoms with Crippen molar-refractivity contribution in [1.29, 1.82) is 0 Å². The molecule has 1 saturated heterocycles. The molecule has 120 valence electrons. The van der Waals surface area contributed by atoms with E-state index < -0.39 is 0 Å². The Morgan fingerprint density at radius 2 is 1.59 bits per heavy atom. The second-order valence-electron chi connectivity index (χ2n) is 10.5. The third kappa shape index (κ3) is 1.71. The summed E-state index contributed by atoms with van der Waals surface area (Å²) in [5.41, 5.74) is 2.97. The standard InChI is InChI=1S/C19H31BN2/c1-17(2,3)16-11-15-12-8-13-10-14(9-12)19(6,7)20(18(13,4)5)22(15)21-16/h11-14H,8-10H2,1-7H3. The predicted molar refractivity (Wildman–Crippen MR) is 93.7 cm³/mol. The van der Waals surface area contributed by atoms with Crippen LogP contribution < -0.4 is 0 Å². The molecule has 5 rings (SSSR count). The molecule has 4 bridgehead atoms. The Labute approximate surface area is 136 Å². The molecule has 2 atom stereocenters. The summed E-state index contributed by atoms with van der Waals surface area (Å²) in [6.45, 7) is 17.5. The Morgan fingerprint density at radius 3 is 2.09 bits per heavy atom. The van der Waals surface area contributed by atoms with E-state index in [0.29, 0.717) is 17.5 Å². The topological polar surface area (TPSA) is 17.8 Å². The molecule has 4 aliphatic rings. The quantitative estimate of drug-likeness (QED) is 0.609. The van der Waals surface area contributed by atoms with E-state index in [4.69, 9.17) is 5.10 Å². The fraction of sp³-hybridized carbons (Fsp3) is 0.842. The van der Waals surface area contributed by atoms with Crippen molar-refractivity contribution in [3.05, 3.63) is 17.5 Å². The van der Waals surface area contributed by atoms with Crippen LogP contribution in [0, 0.1) is 11.8 Å². The molecule has 0 amide bonds. The lowest BCUT2D eigenvalue weighted by molar-refractivity contribution is 0.141. The highest BCUT2D eigenvalue weighted by molar-refractivity contribution is 6.64. The molecule has 0 aromatic carbocycles. The highest BCUT2D eigenvalue weighted by atomic mass is 15.3. The second-order valence-corrected chi connectivity index (χ2v) is 10.5. The first-order chi connectivity index (χ1) is 10.0. The third-order valence-corrected chi connectivity index (χ3v) is 7.42. The maximum Gasteiger partial charge on any atom is 0.296 e. The van der Waals surface area contributed by atoms with Crippen LogP contribution in [-0.2, 0) is 5.41 Å². The lowest BCUT2D eigenvalue weighted by Gasteiger charge is -2.56. The van der Waals surface area contributed by atoms with Crippen LogP contribution >= 0.6 is 0 Å². The van der Waals surface area contributed by atoms with Gasteiger partial charge in [0, 0.05) is 17.0 Å². The van der Waals surface area contributed by atoms with Crippen molar-refractivity contribution in [3.8, 4) is 0 Å². The maximum atomic E-state index is 5.19. The van der Waals surface area contributed by atoms with Gasteiger partial charge in [-0.15, -0.1) is 0 Å². The van der Waals surface area contributed by atoms with Crippen LogP contribution in [0.15, 0.2) is 6.07 Å². The average Bonchev–Trinajstić information content (AvgIpc) is 2.77. The molecule has 0 spiro atoms. The number of aromatic nitrogens is 2. The summed E-state index contributed by atoms with van der Waals surface area (Å²) >= 11 is 0. The molecule has 4 heterocycles. The molecular formula is C19H31BN2. The lowest BCUT2D eigenvalue weighted by atomic mass is 9.22. The minimum Gasteiger partial charge on any atom is -0.313 e. The molecule has 1 aromatic heterocycles. The van der Waals surface area contributed by atoms with Crippen LogP contribution in [0.3, 0.4) is 0 Å². The summed E-state index contributed by atoms with van der Waals surface area (Å²) in [7, 11) is 0. The number of hydrogen-bond donors (Lipinski definition) is 0. The van der Waals surface area contributed by atoms with Crippen molar-refractivity contribution in [1.82, 2.24) is 9.69 Å². The molecule has 1 aromatic rings. The van der Waals surface area contributed by atoms with Crippen molar-refractivity contribution >= 4 is 6.85 Å². The summed E-state index contributed by atoms with van der Waals surface area (Å²) in [5, 5.41) is 5.89. The molecule has 3 heteroatoms. The predicted octanol–water partition coefficient (Wildman–Crippen LogP) is 5.11. The van der Waals surface area contributed by atoms with Gasteiger partial charge in [-0.25, -0.2) is 0 Å². The van der Waals surface area contributed by atoms with Crippen LogP contribution in [0.1, 0.15) is 85.0 Å². The largest absolute Gasteiger partial charge is 0.313 e. The molecule has 0 N–H and O–H groups in total. The van der Waals surface area contributed by atoms with Crippen LogP contribution in [-0.4, -0.2) is 16.5 Å². The summed E-state index contributed by atoms with van der Waals surface area (Å²) < 4.78 is 2.49. The van der Waals surface area contributed by atoms with Gasteiger partial charge in [0.2, 0.25) is 0 Å². The molecule has 0 radical (unpaired) electrons. The van der Waals surface area contributed by atoms with Gasteiger partial charge < -0.3 is 4.59 Å². The zero-order valence-corrected chi connectivity index (χ0v) is 15.4. The summed E-state index contributed by atoms with van der Waals surface area (Å²) in [4.78, 5) is 0. The van der Waals surface area contributed by atoms with Crippen LogP contribution in [0.5, 0.6) is 0 Å². The highest BCUT2D eigenvalue weighted by Crippen LogP contribution is 2.68. The second kappa shape index (κ2) is 4.02. The maximum absolute atomic E-state index is 5.19. The van der Waals surface area contributed by atoms with E-state index in [2.05, 4.69) is 59.1 Å². The van der Waals surface area contributed by atoms with E-state index >= 15 is 0 Å². The van der Waals surface area contributed by atoms with Gasteiger partial charge in [-0.3, -0.25) is 0 Å². The molecule has 22 heavy (non-hydrogen) atoms. The monoisotopic (exact) mass is 298 g/mol. The zero-order valence-electron chi connectivity index (χ0n) is 15.4. The fourth-order valence-electron chi connectivity index (χ4n) is 6.10. The average molecular weight is 298 g/mol. The number of nitrogens with zero attached hydrogens (tertiary/aromatic N) is 2. The highest BCUT2D eigenvalue weighted by Gasteiger charge is 2.63. The molecule has 2 nitrogen and oxygen atoms in total. The van der Waals surface area contributed by atoms with Gasteiger partial charge in [-0.1, -0.05) is 48.5 Å². The van der Waals surface area contributed by atoms with Gasteiger partial charge in [0.05, 0.1) is 5.69 Å². The van der Waals surface area contributed by atoms with Gasteiger partial charge in [-0.05, 0) is 47.8 Å². The molecule has 1 saturated carbocycles. The SMILES string of the molecule is CC(C)(C)c1cc2n(n1)B1C(C)(C)C3CC2CC(C3)C1(C)C. The van der Waals surface area contributed by atoms with Crippen molar-refractivity contribution < 1.29 is 0 Å². The molecule has 2 fully saturated rings. The first-order valence-corrected chi connectivity index (χ1v) is 9.13. The van der Waals surface area contributed by atoms with Crippen LogP contribution in [0.2, 0.25) is 10.6 Å². The van der Waals surface area contributed by atoms with Gasteiger partial charge in [0.1, 0.15) is 0 Å². The number of rotatable bonds is 0. The first-order valence-electron chi connectivity index (χ1n) is 9.13. The van der Waals surface area contributed by atoms with Crippen molar-refractivity contribution in [2.24, 2.45) is 11.8 Å². The van der Waals surface area contributed by atoms with E-state index in [1.54, 1.807) is 5.69 Å². The minimum absolute atomic E-state index is 0.144. The van der Waals surface area contributed by atoms with Crippen LogP contribution in [0.25, 0.3) is 0 Å². The first kappa shape index (κ1) is 14.8. The Kier molecular flexibility index (Phi) is 2.71. The fourth-order valence-corrected chi connectivity index (χ4v) is 6.10. The van der Waals surface area contributed by atoms with Gasteiger partial charge in [0.25, 0.3) is 6.85 Å². The van der Waals surface area contributed by atoms with E-state index in [-0.39, 0.29) is 5.41 Å². The normalized spacial score (nSPS) is 34.7. The Hall–Kier alpha value is -0.725. The summed E-state index contributed by atoms with van der Waals surface area (Å²) in [5.74, 6) is 2.47. The molecular weight excluding hydrogens is 267 g/mol. The van der Waals surface area contributed by atoms with Crippen LogP contribution in [0.4, 0.5) is 0 Å². The summed E-state index contributed by atoms with van der Waals surface area (Å²) in [6, 6.07) is 2.44. The van der Waals surface area contributed by atoms with E-state index in [9.17, 15) is 0 Å². The van der Waals surface area contributed by atoms with E-state index in [1.165, 1.54) is 25.0 Å². The van der Waals surface area contributed by atoms with E-state index in [0.717, 1.165) is 17.8 Å². The minimum atomic E-state index is 0.144. The molecule has 1 aliphatic carbocycles. The molecule has 2 unspecified atom stereocenters. The Morgan fingerprint density at radius 1 is 1.05 bits per heavy atom. The third-order valence-electron chi connectivity index (χ3n) is 7.42. The smallest absolute Gasteiger partial charge is 0.296 e. The van der Waals surface area contributed by atoms with Gasteiger partial charge in [0.15, 0.2) is 0 Å². The number of hydrogen-bond acceptors (Lipinski definition) is 1. The Bertz CT molecular complexity index is 596. The summed E-state index contributed by atoms with van der Waals surface area (Å²) in [6.07, 6.45) is 4.20. The van der Waals surface area contributed by atoms with Gasteiger partial charge in [-0.2, -0.15) is 5.10 Å². The van der Waals surface area contributed by atoms with Crippen molar-refractivity contribution in [2.45, 2.75) is 89.7 Å². The van der Waals surface area contributed by atoms with Crippen molar-refractivity contribution in [2.75, 3.05) is 0 Å².